The summed E-state index contributed by atoms with van der Waals surface area (Å²) < 4.78 is 5.29. The Hall–Kier alpha value is -1.86. The van der Waals surface area contributed by atoms with Gasteiger partial charge in [-0.25, -0.2) is 0 Å². The quantitative estimate of drug-likeness (QED) is 0.770. The average molecular weight is 403 g/mol. The summed E-state index contributed by atoms with van der Waals surface area (Å²) in [7, 11) is 2.12. The van der Waals surface area contributed by atoms with Crippen LogP contribution >= 0.6 is 0 Å². The Labute approximate surface area is 173 Å². The number of piperazine rings is 1. The molecule has 0 N–H and O–H groups in total. The molecule has 7 heteroatoms. The topological polar surface area (TPSA) is 60.2 Å². The molecule has 3 aliphatic rings. The molecule has 0 unspecified atom stereocenters. The van der Waals surface area contributed by atoms with Gasteiger partial charge in [0.1, 0.15) is 5.76 Å². The number of carbonyl (C=O) groups is 2. The summed E-state index contributed by atoms with van der Waals surface area (Å²) in [4.78, 5) is 34.5. The van der Waals surface area contributed by atoms with Crippen molar-refractivity contribution in [3.8, 4) is 0 Å². The first-order valence-corrected chi connectivity index (χ1v) is 11.1. The highest BCUT2D eigenvalue weighted by Gasteiger charge is 2.35. The van der Waals surface area contributed by atoms with E-state index in [1.54, 1.807) is 12.3 Å². The Bertz CT molecular complexity index is 717. The van der Waals surface area contributed by atoms with Gasteiger partial charge in [0.15, 0.2) is 0 Å². The van der Waals surface area contributed by atoms with Crippen molar-refractivity contribution < 1.29 is 14.0 Å². The van der Waals surface area contributed by atoms with Crippen LogP contribution in [-0.2, 0) is 4.79 Å². The molecule has 0 spiro atoms. The zero-order chi connectivity index (χ0) is 20.4. The van der Waals surface area contributed by atoms with Crippen LogP contribution in [0.15, 0.2) is 16.7 Å². The van der Waals surface area contributed by atoms with Gasteiger partial charge in [0, 0.05) is 51.9 Å². The van der Waals surface area contributed by atoms with Crippen LogP contribution < -0.4 is 0 Å². The van der Waals surface area contributed by atoms with E-state index in [-0.39, 0.29) is 11.8 Å². The summed E-state index contributed by atoms with van der Waals surface area (Å²) in [6.07, 6.45) is 5.66. The number of nitrogens with zero attached hydrogens (tertiary/aromatic N) is 4. The number of piperidine rings is 2. The number of carbonyl (C=O) groups excluding carboxylic acids is 2. The van der Waals surface area contributed by atoms with Crippen molar-refractivity contribution in [1.82, 2.24) is 19.6 Å². The molecule has 0 saturated carbocycles. The molecule has 4 heterocycles. The van der Waals surface area contributed by atoms with E-state index < -0.39 is 0 Å². The molecule has 0 aliphatic carbocycles. The van der Waals surface area contributed by atoms with Gasteiger partial charge in [0.05, 0.1) is 17.7 Å². The molecular formula is C22H34N4O3. The van der Waals surface area contributed by atoms with E-state index in [9.17, 15) is 9.59 Å². The monoisotopic (exact) mass is 402 g/mol. The molecule has 1 aromatic heterocycles. The minimum Gasteiger partial charge on any atom is -0.469 e. The van der Waals surface area contributed by atoms with Gasteiger partial charge >= 0.3 is 0 Å². The molecule has 3 saturated heterocycles. The van der Waals surface area contributed by atoms with Crippen LogP contribution in [-0.4, -0.2) is 96.9 Å². The van der Waals surface area contributed by atoms with Crippen LogP contribution in [0.4, 0.5) is 0 Å². The average Bonchev–Trinajstić information content (AvgIpc) is 3.19. The number of hydrogen-bond acceptors (Lipinski definition) is 5. The fraction of sp³-hybridized carbons (Fsp3) is 0.727. The van der Waals surface area contributed by atoms with Crippen molar-refractivity contribution in [2.24, 2.45) is 5.92 Å². The molecule has 160 valence electrons. The Kier molecular flexibility index (Phi) is 6.25. The lowest BCUT2D eigenvalue weighted by Crippen LogP contribution is -2.54. The maximum atomic E-state index is 13.0. The van der Waals surface area contributed by atoms with E-state index in [1.165, 1.54) is 0 Å². The van der Waals surface area contributed by atoms with Crippen LogP contribution in [0.1, 0.15) is 41.8 Å². The molecule has 0 aromatic carbocycles. The van der Waals surface area contributed by atoms with Crippen LogP contribution in [0.5, 0.6) is 0 Å². The van der Waals surface area contributed by atoms with Gasteiger partial charge < -0.3 is 19.1 Å². The SMILES string of the molecule is Cc1occc1C(=O)N1CCC(N2CCC[C@@H](C(=O)N3CCN(C)CC3)C2)CC1. The Morgan fingerprint density at radius 3 is 2.34 bits per heavy atom. The summed E-state index contributed by atoms with van der Waals surface area (Å²) in [6, 6.07) is 2.25. The predicted molar refractivity (Wildman–Crippen MR) is 111 cm³/mol. The Morgan fingerprint density at radius 1 is 0.966 bits per heavy atom. The lowest BCUT2D eigenvalue weighted by molar-refractivity contribution is -0.139. The summed E-state index contributed by atoms with van der Waals surface area (Å²) in [5.74, 6) is 1.26. The highest BCUT2D eigenvalue weighted by atomic mass is 16.3. The van der Waals surface area contributed by atoms with Gasteiger partial charge in [0.25, 0.3) is 5.91 Å². The molecule has 0 radical (unpaired) electrons. The van der Waals surface area contributed by atoms with Crippen molar-refractivity contribution in [3.63, 3.8) is 0 Å². The van der Waals surface area contributed by atoms with Crippen LogP contribution in [0.25, 0.3) is 0 Å². The van der Waals surface area contributed by atoms with Gasteiger partial charge in [-0.1, -0.05) is 0 Å². The van der Waals surface area contributed by atoms with Crippen molar-refractivity contribution in [1.29, 1.82) is 0 Å². The molecule has 2 amide bonds. The van der Waals surface area contributed by atoms with Crippen molar-refractivity contribution in [3.05, 3.63) is 23.7 Å². The smallest absolute Gasteiger partial charge is 0.257 e. The molecule has 4 rings (SSSR count). The summed E-state index contributed by atoms with van der Waals surface area (Å²) >= 11 is 0. The lowest BCUT2D eigenvalue weighted by Gasteiger charge is -2.43. The summed E-state index contributed by atoms with van der Waals surface area (Å²) in [6.45, 7) is 9.03. The largest absolute Gasteiger partial charge is 0.469 e. The molecule has 1 atom stereocenters. The third kappa shape index (κ3) is 4.51. The summed E-state index contributed by atoms with van der Waals surface area (Å²) in [5, 5.41) is 0. The molecule has 3 fully saturated rings. The predicted octanol–water partition coefficient (Wildman–Crippen LogP) is 1.68. The first-order chi connectivity index (χ1) is 14.0. The molecule has 1 aromatic rings. The standard InChI is InChI=1S/C22H34N4O3/c1-17-20(7-15-29-17)22(28)24-9-5-19(6-10-24)26-8-3-4-18(16-26)21(27)25-13-11-23(2)12-14-25/h7,15,18-19H,3-6,8-14,16H2,1-2H3/t18-/m1/s1. The van der Waals surface area contributed by atoms with Gasteiger partial charge in [-0.15, -0.1) is 0 Å². The van der Waals surface area contributed by atoms with E-state index in [2.05, 4.69) is 21.7 Å². The highest BCUT2D eigenvalue weighted by Crippen LogP contribution is 2.26. The van der Waals surface area contributed by atoms with Crippen molar-refractivity contribution in [2.75, 3.05) is 59.4 Å². The van der Waals surface area contributed by atoms with E-state index in [1.807, 2.05) is 11.8 Å². The maximum absolute atomic E-state index is 13.0. The molecule has 0 bridgehead atoms. The van der Waals surface area contributed by atoms with Gasteiger partial charge in [-0.05, 0) is 52.3 Å². The third-order valence-corrected chi connectivity index (χ3v) is 6.97. The minimum atomic E-state index is 0.0801. The van der Waals surface area contributed by atoms with E-state index in [4.69, 9.17) is 4.42 Å². The number of hydrogen-bond donors (Lipinski definition) is 0. The second-order valence-corrected chi connectivity index (χ2v) is 8.88. The normalized spacial score (nSPS) is 25.4. The lowest BCUT2D eigenvalue weighted by atomic mass is 9.92. The molecule has 3 aliphatic heterocycles. The van der Waals surface area contributed by atoms with Crippen LogP contribution in [0, 0.1) is 12.8 Å². The van der Waals surface area contributed by atoms with Gasteiger partial charge in [-0.3, -0.25) is 14.5 Å². The minimum absolute atomic E-state index is 0.0801. The van der Waals surface area contributed by atoms with Gasteiger partial charge in [-0.2, -0.15) is 0 Å². The van der Waals surface area contributed by atoms with Gasteiger partial charge in [0.2, 0.25) is 5.91 Å². The van der Waals surface area contributed by atoms with E-state index in [0.29, 0.717) is 23.3 Å². The Morgan fingerprint density at radius 2 is 1.69 bits per heavy atom. The maximum Gasteiger partial charge on any atom is 0.257 e. The number of aryl methyl sites for hydroxylation is 1. The van der Waals surface area contributed by atoms with Crippen molar-refractivity contribution in [2.45, 2.75) is 38.6 Å². The summed E-state index contributed by atoms with van der Waals surface area (Å²) in [5.41, 5.74) is 0.680. The fourth-order valence-electron chi connectivity index (χ4n) is 5.04. The van der Waals surface area contributed by atoms with E-state index >= 15 is 0 Å². The highest BCUT2D eigenvalue weighted by molar-refractivity contribution is 5.95. The number of rotatable bonds is 3. The zero-order valence-electron chi connectivity index (χ0n) is 17.8. The first kappa shape index (κ1) is 20.4. The number of likely N-dealkylation sites (N-methyl/N-ethyl adjacent to an activating group) is 1. The van der Waals surface area contributed by atoms with Crippen LogP contribution in [0.3, 0.4) is 0 Å². The second-order valence-electron chi connectivity index (χ2n) is 8.88. The number of likely N-dealkylation sites (tertiary alicyclic amines) is 2. The number of amides is 2. The fourth-order valence-corrected chi connectivity index (χ4v) is 5.04. The molecular weight excluding hydrogens is 368 g/mol. The molecule has 29 heavy (non-hydrogen) atoms. The number of furan rings is 1. The molecule has 7 nitrogen and oxygen atoms in total. The van der Waals surface area contributed by atoms with Crippen LogP contribution in [0.2, 0.25) is 0 Å². The first-order valence-electron chi connectivity index (χ1n) is 11.1. The zero-order valence-corrected chi connectivity index (χ0v) is 17.8. The third-order valence-electron chi connectivity index (χ3n) is 6.97. The second kappa shape index (κ2) is 8.88. The Balaban J connectivity index is 1.29. The van der Waals surface area contributed by atoms with Crippen molar-refractivity contribution >= 4 is 11.8 Å². The van der Waals surface area contributed by atoms with E-state index in [0.717, 1.165) is 78.0 Å².